The van der Waals surface area contributed by atoms with Crippen LogP contribution in [0.1, 0.15) is 12.8 Å². The third-order valence-electron chi connectivity index (χ3n) is 3.88. The van der Waals surface area contributed by atoms with Crippen molar-refractivity contribution in [3.05, 3.63) is 41.7 Å². The topological polar surface area (TPSA) is 46.1 Å². The van der Waals surface area contributed by atoms with Crippen LogP contribution < -0.4 is 10.1 Å². The van der Waals surface area contributed by atoms with Crippen LogP contribution in [-0.2, 0) is 4.74 Å². The van der Waals surface area contributed by atoms with Gasteiger partial charge < -0.3 is 19.7 Å². The van der Waals surface area contributed by atoms with E-state index in [9.17, 15) is 4.39 Å². The van der Waals surface area contributed by atoms with Gasteiger partial charge in [0.15, 0.2) is 17.5 Å². The summed E-state index contributed by atoms with van der Waals surface area (Å²) in [6.07, 6.45) is 4.15. The number of halogens is 1. The van der Waals surface area contributed by atoms with Gasteiger partial charge in [-0.2, -0.15) is 0 Å². The predicted molar refractivity (Wildman–Crippen MR) is 94.0 cm³/mol. The molecule has 0 spiro atoms. The van der Waals surface area contributed by atoms with E-state index in [0.717, 1.165) is 38.6 Å². The predicted octanol–water partition coefficient (Wildman–Crippen LogP) is 2.45. The van der Waals surface area contributed by atoms with Crippen LogP contribution in [-0.4, -0.2) is 57.9 Å². The van der Waals surface area contributed by atoms with Gasteiger partial charge in [0.25, 0.3) is 0 Å². The number of nitrogens with one attached hydrogen (secondary N) is 1. The lowest BCUT2D eigenvalue weighted by Crippen LogP contribution is -2.41. The summed E-state index contributed by atoms with van der Waals surface area (Å²) in [6.45, 7) is 3.37. The zero-order valence-corrected chi connectivity index (χ0v) is 14.4. The molecule has 0 unspecified atom stereocenters. The molecule has 24 heavy (non-hydrogen) atoms. The van der Waals surface area contributed by atoms with E-state index in [-0.39, 0.29) is 11.6 Å². The number of rotatable bonds is 7. The molecule has 1 aliphatic heterocycles. The first kappa shape index (κ1) is 18.3. The molecule has 5 nitrogen and oxygen atoms in total. The fourth-order valence-electron chi connectivity index (χ4n) is 2.47. The fraction of sp³-hybridized carbons (Fsp3) is 0.500. The third kappa shape index (κ3) is 5.85. The Labute approximate surface area is 143 Å². The number of hydrogen-bond donors (Lipinski definition) is 1. The summed E-state index contributed by atoms with van der Waals surface area (Å²) in [4.78, 5) is 6.24. The highest BCUT2D eigenvalue weighted by atomic mass is 19.1. The van der Waals surface area contributed by atoms with Crippen molar-refractivity contribution < 1.29 is 13.9 Å². The zero-order chi connectivity index (χ0) is 17.2. The molecule has 1 N–H and O–H groups in total. The quantitative estimate of drug-likeness (QED) is 0.472. The molecule has 6 heteroatoms. The van der Waals surface area contributed by atoms with Crippen molar-refractivity contribution in [2.75, 3.05) is 47.0 Å². The number of ether oxygens (including phenoxy) is 2. The van der Waals surface area contributed by atoms with Gasteiger partial charge >= 0.3 is 0 Å². The van der Waals surface area contributed by atoms with Crippen LogP contribution in [0.2, 0.25) is 0 Å². The van der Waals surface area contributed by atoms with Crippen LogP contribution in [0.3, 0.4) is 0 Å². The van der Waals surface area contributed by atoms with E-state index >= 15 is 0 Å². The van der Waals surface area contributed by atoms with Gasteiger partial charge in [0.05, 0.1) is 19.8 Å². The lowest BCUT2D eigenvalue weighted by atomic mass is 10.1. The van der Waals surface area contributed by atoms with E-state index in [1.165, 1.54) is 11.6 Å². The number of likely N-dealkylation sites (N-methyl/N-ethyl adjacent to an activating group) is 1. The highest BCUT2D eigenvalue weighted by Gasteiger charge is 2.08. The Kier molecular flexibility index (Phi) is 7.55. The van der Waals surface area contributed by atoms with Crippen molar-refractivity contribution >= 4 is 5.96 Å². The lowest BCUT2D eigenvalue weighted by molar-refractivity contribution is 0.153. The molecule has 132 valence electrons. The van der Waals surface area contributed by atoms with Gasteiger partial charge in [-0.3, -0.25) is 4.99 Å². The van der Waals surface area contributed by atoms with Gasteiger partial charge in [-0.25, -0.2) is 4.39 Å². The Balaban J connectivity index is 1.70. The molecule has 1 aromatic rings. The van der Waals surface area contributed by atoms with E-state index in [1.807, 2.05) is 11.9 Å². The van der Waals surface area contributed by atoms with Crippen molar-refractivity contribution in [2.45, 2.75) is 12.8 Å². The van der Waals surface area contributed by atoms with Gasteiger partial charge in [0.1, 0.15) is 6.61 Å². The molecule has 0 atom stereocenters. The standard InChI is InChI=1S/C18H26FN3O2/c1-20-18(21-10-7-15-8-12-23-13-9-15)22(2)11-14-24-17-6-4-3-5-16(17)19/h3-6,8H,7,9-14H2,1-2H3,(H,20,21). The molecule has 0 saturated carbocycles. The summed E-state index contributed by atoms with van der Waals surface area (Å²) in [5.74, 6) is 0.743. The summed E-state index contributed by atoms with van der Waals surface area (Å²) in [7, 11) is 3.69. The van der Waals surface area contributed by atoms with Crippen molar-refractivity contribution in [2.24, 2.45) is 4.99 Å². The molecule has 0 bridgehead atoms. The second-order valence-corrected chi connectivity index (χ2v) is 5.61. The first-order chi connectivity index (χ1) is 11.7. The minimum atomic E-state index is -0.340. The number of para-hydroxylation sites is 1. The molecule has 0 saturated heterocycles. The monoisotopic (exact) mass is 335 g/mol. The molecular weight excluding hydrogens is 309 g/mol. The van der Waals surface area contributed by atoms with Crippen LogP contribution in [0.5, 0.6) is 5.75 Å². The first-order valence-electron chi connectivity index (χ1n) is 8.25. The molecule has 1 aromatic carbocycles. The van der Waals surface area contributed by atoms with E-state index in [2.05, 4.69) is 16.4 Å². The maximum Gasteiger partial charge on any atom is 0.193 e. The molecule has 0 aromatic heterocycles. The Morgan fingerprint density at radius 1 is 1.42 bits per heavy atom. The Morgan fingerprint density at radius 3 is 2.96 bits per heavy atom. The molecule has 0 radical (unpaired) electrons. The molecule has 2 rings (SSSR count). The van der Waals surface area contributed by atoms with E-state index in [4.69, 9.17) is 9.47 Å². The maximum absolute atomic E-state index is 13.5. The zero-order valence-electron chi connectivity index (χ0n) is 14.4. The van der Waals surface area contributed by atoms with E-state index < -0.39 is 0 Å². The highest BCUT2D eigenvalue weighted by Crippen LogP contribution is 2.15. The van der Waals surface area contributed by atoms with Gasteiger partial charge in [-0.1, -0.05) is 23.8 Å². The minimum Gasteiger partial charge on any atom is -0.489 e. The van der Waals surface area contributed by atoms with Gasteiger partial charge in [0, 0.05) is 20.6 Å². The van der Waals surface area contributed by atoms with Crippen LogP contribution in [0.15, 0.2) is 40.9 Å². The molecular formula is C18H26FN3O2. The van der Waals surface area contributed by atoms with Crippen molar-refractivity contribution in [3.8, 4) is 5.75 Å². The van der Waals surface area contributed by atoms with Crippen LogP contribution >= 0.6 is 0 Å². The number of nitrogens with zero attached hydrogens (tertiary/aromatic N) is 2. The highest BCUT2D eigenvalue weighted by molar-refractivity contribution is 5.79. The molecule has 1 aliphatic rings. The summed E-state index contributed by atoms with van der Waals surface area (Å²) in [5, 5.41) is 3.34. The van der Waals surface area contributed by atoms with Gasteiger partial charge in [-0.05, 0) is 25.0 Å². The second-order valence-electron chi connectivity index (χ2n) is 5.61. The van der Waals surface area contributed by atoms with Crippen molar-refractivity contribution in [3.63, 3.8) is 0 Å². The van der Waals surface area contributed by atoms with Crippen LogP contribution in [0.25, 0.3) is 0 Å². The van der Waals surface area contributed by atoms with Crippen LogP contribution in [0, 0.1) is 5.82 Å². The van der Waals surface area contributed by atoms with Crippen molar-refractivity contribution in [1.29, 1.82) is 0 Å². The van der Waals surface area contributed by atoms with Gasteiger partial charge in [0.2, 0.25) is 0 Å². The third-order valence-corrected chi connectivity index (χ3v) is 3.88. The van der Waals surface area contributed by atoms with E-state index in [1.54, 1.807) is 25.2 Å². The SMILES string of the molecule is CN=C(NCCC1=CCOCC1)N(C)CCOc1ccccc1F. The molecule has 0 aliphatic carbocycles. The smallest absolute Gasteiger partial charge is 0.193 e. The average Bonchev–Trinajstić information content (AvgIpc) is 2.61. The normalized spacial score (nSPS) is 15.0. The summed E-state index contributed by atoms with van der Waals surface area (Å²) in [6, 6.07) is 6.43. The lowest BCUT2D eigenvalue weighted by Gasteiger charge is -2.22. The summed E-state index contributed by atoms with van der Waals surface area (Å²) < 4.78 is 24.3. The Morgan fingerprint density at radius 2 is 2.25 bits per heavy atom. The maximum atomic E-state index is 13.5. The minimum absolute atomic E-state index is 0.278. The Hall–Kier alpha value is -2.08. The molecule has 1 heterocycles. The first-order valence-corrected chi connectivity index (χ1v) is 8.25. The average molecular weight is 335 g/mol. The molecule has 0 fully saturated rings. The number of benzene rings is 1. The number of guanidine groups is 1. The summed E-state index contributed by atoms with van der Waals surface area (Å²) in [5.41, 5.74) is 1.43. The fourth-order valence-corrected chi connectivity index (χ4v) is 2.47. The van der Waals surface area contributed by atoms with E-state index in [0.29, 0.717) is 13.2 Å². The van der Waals surface area contributed by atoms with Crippen molar-refractivity contribution in [1.82, 2.24) is 10.2 Å². The number of aliphatic imine (C=N–C) groups is 1. The Bertz CT molecular complexity index is 575. The largest absolute Gasteiger partial charge is 0.489 e. The van der Waals surface area contributed by atoms with Crippen LogP contribution in [0.4, 0.5) is 4.39 Å². The molecule has 0 amide bonds. The number of hydrogen-bond acceptors (Lipinski definition) is 3. The van der Waals surface area contributed by atoms with Gasteiger partial charge in [-0.15, -0.1) is 0 Å². The summed E-state index contributed by atoms with van der Waals surface area (Å²) >= 11 is 0. The second kappa shape index (κ2) is 9.93.